The van der Waals surface area contributed by atoms with E-state index < -0.39 is 0 Å². The Morgan fingerprint density at radius 3 is 2.58 bits per heavy atom. The van der Waals surface area contributed by atoms with Gasteiger partial charge in [0.25, 0.3) is 11.1 Å². The van der Waals surface area contributed by atoms with E-state index in [4.69, 9.17) is 0 Å². The molecule has 4 aromatic rings. The van der Waals surface area contributed by atoms with Crippen LogP contribution in [0.5, 0.6) is 0 Å². The zero-order chi connectivity index (χ0) is 25.2. The van der Waals surface area contributed by atoms with Gasteiger partial charge in [-0.2, -0.15) is 0 Å². The van der Waals surface area contributed by atoms with Crippen molar-refractivity contribution >= 4 is 51.5 Å². The number of thioether (sulfide) groups is 1. The number of hydrogen-bond acceptors (Lipinski definition) is 4. The van der Waals surface area contributed by atoms with Gasteiger partial charge in [0.2, 0.25) is 5.91 Å². The maximum atomic E-state index is 13.1. The average Bonchev–Trinajstić information content (AvgIpc) is 3.32. The number of hydrogen-bond donors (Lipinski definition) is 1. The summed E-state index contributed by atoms with van der Waals surface area (Å²) in [6.07, 6.45) is 3.50. The minimum absolute atomic E-state index is 0.0283. The molecule has 1 N–H and O–H groups in total. The molecule has 5 rings (SSSR count). The summed E-state index contributed by atoms with van der Waals surface area (Å²) < 4.78 is 14.9. The first-order valence-corrected chi connectivity index (χ1v) is 12.1. The summed E-state index contributed by atoms with van der Waals surface area (Å²) in [6, 6.07) is 20.8. The molecule has 1 aliphatic rings. The summed E-state index contributed by atoms with van der Waals surface area (Å²) in [7, 11) is 0. The van der Waals surface area contributed by atoms with Crippen molar-refractivity contribution in [3.05, 3.63) is 106 Å². The summed E-state index contributed by atoms with van der Waals surface area (Å²) in [5.74, 6) is -0.984. The second-order valence-electron chi connectivity index (χ2n) is 8.54. The smallest absolute Gasteiger partial charge is 0.293 e. The number of aromatic nitrogens is 1. The lowest BCUT2D eigenvalue weighted by Gasteiger charge is -2.12. The van der Waals surface area contributed by atoms with Gasteiger partial charge in [0.1, 0.15) is 12.4 Å². The largest absolute Gasteiger partial charge is 0.337 e. The Balaban J connectivity index is 1.39. The lowest BCUT2D eigenvalue weighted by Crippen LogP contribution is -2.27. The number of rotatable bonds is 6. The highest BCUT2D eigenvalue weighted by atomic mass is 32.2. The van der Waals surface area contributed by atoms with Crippen LogP contribution < -0.4 is 5.32 Å². The molecule has 6 nitrogen and oxygen atoms in total. The Hall–Kier alpha value is -4.17. The van der Waals surface area contributed by atoms with Crippen molar-refractivity contribution in [3.63, 3.8) is 0 Å². The molecule has 0 aliphatic carbocycles. The van der Waals surface area contributed by atoms with E-state index in [1.54, 1.807) is 16.8 Å². The highest BCUT2D eigenvalue weighted by molar-refractivity contribution is 8.18. The number of para-hydroxylation sites is 1. The van der Waals surface area contributed by atoms with Crippen molar-refractivity contribution in [2.45, 2.75) is 20.0 Å². The van der Waals surface area contributed by atoms with Crippen molar-refractivity contribution in [2.75, 3.05) is 5.32 Å². The average molecular weight is 500 g/mol. The fourth-order valence-corrected chi connectivity index (χ4v) is 5.01. The number of carbonyl (C=O) groups is 3. The number of anilines is 1. The van der Waals surface area contributed by atoms with Crippen LogP contribution in [0.1, 0.15) is 16.7 Å². The normalized spacial score (nSPS) is 14.7. The summed E-state index contributed by atoms with van der Waals surface area (Å²) in [5, 5.41) is 3.31. The lowest BCUT2D eigenvalue weighted by molar-refractivity contribution is -0.123. The first-order valence-electron chi connectivity index (χ1n) is 11.3. The minimum Gasteiger partial charge on any atom is -0.337 e. The summed E-state index contributed by atoms with van der Waals surface area (Å²) >= 11 is 0.914. The number of nitrogens with zero attached hydrogens (tertiary/aromatic N) is 2. The predicted octanol–water partition coefficient (Wildman–Crippen LogP) is 5.96. The van der Waals surface area contributed by atoms with E-state index in [1.807, 2.05) is 55.5 Å². The van der Waals surface area contributed by atoms with E-state index >= 15 is 0 Å². The molecule has 1 aliphatic heterocycles. The first kappa shape index (κ1) is 23.6. The highest BCUT2D eigenvalue weighted by Gasteiger charge is 2.35. The molecular weight excluding hydrogens is 477 g/mol. The van der Waals surface area contributed by atoms with Crippen LogP contribution in [-0.2, 0) is 22.7 Å². The molecule has 1 aromatic heterocycles. The Morgan fingerprint density at radius 1 is 1.03 bits per heavy atom. The van der Waals surface area contributed by atoms with Gasteiger partial charge in [-0.1, -0.05) is 48.0 Å². The molecule has 2 heterocycles. The summed E-state index contributed by atoms with van der Waals surface area (Å²) in [4.78, 5) is 39.9. The maximum Gasteiger partial charge on any atom is 0.293 e. The fraction of sp³-hybridized carbons (Fsp3) is 0.107. The molecule has 0 atom stereocenters. The number of halogens is 1. The molecule has 8 heteroatoms. The van der Waals surface area contributed by atoms with Crippen molar-refractivity contribution in [1.29, 1.82) is 0 Å². The second kappa shape index (κ2) is 9.83. The van der Waals surface area contributed by atoms with Gasteiger partial charge in [0, 0.05) is 28.4 Å². The van der Waals surface area contributed by atoms with Crippen molar-refractivity contribution < 1.29 is 18.8 Å². The van der Waals surface area contributed by atoms with Gasteiger partial charge in [-0.25, -0.2) is 4.39 Å². The predicted molar refractivity (Wildman–Crippen MR) is 140 cm³/mol. The zero-order valence-corrected chi connectivity index (χ0v) is 20.2. The monoisotopic (exact) mass is 499 g/mol. The van der Waals surface area contributed by atoms with Gasteiger partial charge in [0.15, 0.2) is 0 Å². The topological polar surface area (TPSA) is 71.4 Å². The van der Waals surface area contributed by atoms with E-state index in [1.165, 1.54) is 29.2 Å². The van der Waals surface area contributed by atoms with Crippen molar-refractivity contribution in [1.82, 2.24) is 9.47 Å². The molecule has 0 saturated carbocycles. The summed E-state index contributed by atoms with van der Waals surface area (Å²) in [6.45, 7) is 2.21. The van der Waals surface area contributed by atoms with Gasteiger partial charge in [-0.15, -0.1) is 0 Å². The number of fused-ring (bicyclic) bond motifs is 1. The SMILES string of the molecule is Cc1cccc(CN2C(=O)S/C(=C\c3cn(CC(=O)Nc4ccc(F)cc4)c4ccccc34)C2=O)c1. The van der Waals surface area contributed by atoms with Gasteiger partial charge < -0.3 is 9.88 Å². The number of imide groups is 1. The zero-order valence-electron chi connectivity index (χ0n) is 19.4. The second-order valence-corrected chi connectivity index (χ2v) is 9.53. The van der Waals surface area contributed by atoms with Gasteiger partial charge in [0.05, 0.1) is 11.4 Å². The van der Waals surface area contributed by atoms with Crippen LogP contribution in [0.4, 0.5) is 14.9 Å². The van der Waals surface area contributed by atoms with Crippen LogP contribution in [-0.4, -0.2) is 26.5 Å². The van der Waals surface area contributed by atoms with E-state index in [0.29, 0.717) is 10.6 Å². The molecule has 36 heavy (non-hydrogen) atoms. The van der Waals surface area contributed by atoms with Gasteiger partial charge in [-0.05, 0) is 60.7 Å². The van der Waals surface area contributed by atoms with Crippen LogP contribution in [0.2, 0.25) is 0 Å². The van der Waals surface area contributed by atoms with E-state index in [2.05, 4.69) is 5.32 Å². The van der Waals surface area contributed by atoms with Crippen molar-refractivity contribution in [2.24, 2.45) is 0 Å². The molecule has 0 spiro atoms. The van der Waals surface area contributed by atoms with Crippen LogP contribution in [0, 0.1) is 12.7 Å². The van der Waals surface area contributed by atoms with E-state index in [9.17, 15) is 18.8 Å². The van der Waals surface area contributed by atoms with Crippen LogP contribution in [0.15, 0.2) is 83.9 Å². The lowest BCUT2D eigenvalue weighted by atomic mass is 10.1. The maximum absolute atomic E-state index is 13.1. The Morgan fingerprint density at radius 2 is 1.81 bits per heavy atom. The van der Waals surface area contributed by atoms with Crippen LogP contribution in [0.3, 0.4) is 0 Å². The van der Waals surface area contributed by atoms with E-state index in [-0.39, 0.29) is 36.0 Å². The quantitative estimate of drug-likeness (QED) is 0.332. The molecule has 180 valence electrons. The third-order valence-electron chi connectivity index (χ3n) is 5.84. The number of aryl methyl sites for hydroxylation is 1. The molecule has 0 bridgehead atoms. The molecule has 3 aromatic carbocycles. The third-order valence-corrected chi connectivity index (χ3v) is 6.75. The molecule has 1 fully saturated rings. The summed E-state index contributed by atoms with van der Waals surface area (Å²) in [5.41, 5.74) is 4.01. The highest BCUT2D eigenvalue weighted by Crippen LogP contribution is 2.35. The molecule has 0 unspecified atom stereocenters. The number of nitrogens with one attached hydrogen (secondary N) is 1. The first-order chi connectivity index (χ1) is 17.4. The Kier molecular flexibility index (Phi) is 6.43. The number of benzene rings is 3. The number of amides is 3. The number of carbonyl (C=O) groups excluding carboxylic acids is 3. The molecule has 1 saturated heterocycles. The Labute approximate surface area is 211 Å². The van der Waals surface area contributed by atoms with Gasteiger partial charge in [-0.3, -0.25) is 19.3 Å². The van der Waals surface area contributed by atoms with E-state index in [0.717, 1.165) is 39.4 Å². The van der Waals surface area contributed by atoms with Crippen molar-refractivity contribution in [3.8, 4) is 0 Å². The molecule has 0 radical (unpaired) electrons. The van der Waals surface area contributed by atoms with Crippen LogP contribution >= 0.6 is 11.8 Å². The third kappa shape index (κ3) is 4.94. The van der Waals surface area contributed by atoms with Gasteiger partial charge >= 0.3 is 0 Å². The Bertz CT molecular complexity index is 1520. The molecule has 3 amide bonds. The standard InChI is InChI=1S/C28H22FN3O3S/c1-18-5-4-6-19(13-18)15-32-27(34)25(36-28(32)35)14-20-16-31(24-8-3-2-7-23(20)24)17-26(33)30-22-11-9-21(29)10-12-22/h2-14,16H,15,17H2,1H3,(H,30,33)/b25-14-. The molecular formula is C28H22FN3O3S. The van der Waals surface area contributed by atoms with Crippen LogP contribution in [0.25, 0.3) is 17.0 Å². The minimum atomic E-state index is -0.377. The fourth-order valence-electron chi connectivity index (χ4n) is 4.18.